The number of rotatable bonds is 6. The van der Waals surface area contributed by atoms with Crippen molar-refractivity contribution in [2.75, 3.05) is 20.3 Å². The minimum Gasteiger partial charge on any atom is -0.495 e. The maximum atomic E-state index is 12.1. The summed E-state index contributed by atoms with van der Waals surface area (Å²) in [4.78, 5) is 12.1. The Balaban J connectivity index is 1.95. The van der Waals surface area contributed by atoms with Crippen molar-refractivity contribution in [2.24, 2.45) is 5.92 Å². The van der Waals surface area contributed by atoms with Gasteiger partial charge in [-0.2, -0.15) is 0 Å². The summed E-state index contributed by atoms with van der Waals surface area (Å²) in [6.45, 7) is 0.486. The van der Waals surface area contributed by atoms with E-state index >= 15 is 0 Å². The highest BCUT2D eigenvalue weighted by Gasteiger charge is 2.20. The van der Waals surface area contributed by atoms with Crippen molar-refractivity contribution in [2.45, 2.75) is 25.7 Å². The van der Waals surface area contributed by atoms with Crippen LogP contribution in [0.25, 0.3) is 0 Å². The molecular weight excluding hydrogens is 266 g/mol. The number of amides is 1. The second-order valence-corrected chi connectivity index (χ2v) is 5.22. The van der Waals surface area contributed by atoms with Crippen molar-refractivity contribution in [3.63, 3.8) is 0 Å². The van der Waals surface area contributed by atoms with Gasteiger partial charge in [-0.15, -0.1) is 0 Å². The molecule has 1 aromatic carbocycles. The number of carbonyl (C=O) groups excluding carboxylic acids is 1. The van der Waals surface area contributed by atoms with Crippen molar-refractivity contribution in [1.29, 1.82) is 0 Å². The second-order valence-electron chi connectivity index (χ2n) is 5.22. The molecule has 4 nitrogen and oxygen atoms in total. The van der Waals surface area contributed by atoms with Gasteiger partial charge in [0.15, 0.2) is 0 Å². The molecule has 1 aliphatic rings. The van der Waals surface area contributed by atoms with E-state index in [1.807, 2.05) is 0 Å². The molecule has 1 aromatic rings. The summed E-state index contributed by atoms with van der Waals surface area (Å²) in [7, 11) is 1.55. The van der Waals surface area contributed by atoms with Gasteiger partial charge in [-0.3, -0.25) is 4.79 Å². The zero-order valence-electron chi connectivity index (χ0n) is 12.3. The second kappa shape index (κ2) is 7.70. The summed E-state index contributed by atoms with van der Waals surface area (Å²) in [6.07, 6.45) is 4.93. The topological polar surface area (TPSA) is 58.6 Å². The highest BCUT2D eigenvalue weighted by atomic mass is 16.5. The average molecular weight is 287 g/mol. The van der Waals surface area contributed by atoms with Gasteiger partial charge >= 0.3 is 0 Å². The van der Waals surface area contributed by atoms with Gasteiger partial charge in [-0.25, -0.2) is 0 Å². The van der Waals surface area contributed by atoms with E-state index in [-0.39, 0.29) is 12.5 Å². The van der Waals surface area contributed by atoms with E-state index < -0.39 is 0 Å². The number of hydrogen-bond donors (Lipinski definition) is 2. The van der Waals surface area contributed by atoms with Gasteiger partial charge in [0.2, 0.25) is 0 Å². The van der Waals surface area contributed by atoms with Gasteiger partial charge < -0.3 is 15.2 Å². The highest BCUT2D eigenvalue weighted by molar-refractivity contribution is 5.94. The number of benzene rings is 1. The van der Waals surface area contributed by atoms with Crippen molar-refractivity contribution >= 4 is 5.91 Å². The number of methoxy groups -OCH3 is 1. The molecule has 4 heteroatoms. The normalized spacial score (nSPS) is 13.2. The van der Waals surface area contributed by atoms with E-state index in [9.17, 15) is 4.79 Å². The lowest BCUT2D eigenvalue weighted by atomic mass is 10.1. The molecule has 21 heavy (non-hydrogen) atoms. The molecular formula is C17H21NO3. The van der Waals surface area contributed by atoms with Crippen LogP contribution >= 0.6 is 0 Å². The monoisotopic (exact) mass is 287 g/mol. The SMILES string of the molecule is COc1ccc(C(=O)NCCCC2CC2)cc1C#CCO. The van der Waals surface area contributed by atoms with Gasteiger partial charge in [0.1, 0.15) is 12.4 Å². The quantitative estimate of drug-likeness (QED) is 0.621. The van der Waals surface area contributed by atoms with Crippen molar-refractivity contribution in [3.8, 4) is 17.6 Å². The van der Waals surface area contributed by atoms with Gasteiger partial charge in [-0.1, -0.05) is 24.7 Å². The summed E-state index contributed by atoms with van der Waals surface area (Å²) < 4.78 is 5.19. The van der Waals surface area contributed by atoms with Crippen LogP contribution in [0, 0.1) is 17.8 Å². The zero-order chi connectivity index (χ0) is 15.1. The summed E-state index contributed by atoms with van der Waals surface area (Å²) in [6, 6.07) is 5.14. The smallest absolute Gasteiger partial charge is 0.251 e. The van der Waals surface area contributed by atoms with Crippen LogP contribution in [0.3, 0.4) is 0 Å². The molecule has 0 spiro atoms. The van der Waals surface area contributed by atoms with Crippen LogP contribution in [0.2, 0.25) is 0 Å². The molecule has 112 valence electrons. The minimum atomic E-state index is -0.221. The van der Waals surface area contributed by atoms with E-state index in [4.69, 9.17) is 9.84 Å². The van der Waals surface area contributed by atoms with E-state index in [0.717, 1.165) is 12.3 Å². The van der Waals surface area contributed by atoms with Crippen molar-refractivity contribution in [1.82, 2.24) is 5.32 Å². The summed E-state index contributed by atoms with van der Waals surface area (Å²) in [5.41, 5.74) is 1.17. The molecule has 1 saturated carbocycles. The Morgan fingerprint density at radius 2 is 2.29 bits per heavy atom. The van der Waals surface area contributed by atoms with E-state index in [0.29, 0.717) is 23.4 Å². The van der Waals surface area contributed by atoms with Gasteiger partial charge in [0, 0.05) is 12.1 Å². The maximum absolute atomic E-state index is 12.1. The Kier molecular flexibility index (Phi) is 5.65. The lowest BCUT2D eigenvalue weighted by molar-refractivity contribution is 0.0952. The average Bonchev–Trinajstić information content (AvgIpc) is 3.33. The van der Waals surface area contributed by atoms with E-state index in [2.05, 4.69) is 17.2 Å². The molecule has 2 rings (SSSR count). The molecule has 0 bridgehead atoms. The number of aliphatic hydroxyl groups excluding tert-OH is 1. The fourth-order valence-corrected chi connectivity index (χ4v) is 2.18. The van der Waals surface area contributed by atoms with Crippen LogP contribution in [-0.4, -0.2) is 31.3 Å². The Bertz CT molecular complexity index is 553. The predicted molar refractivity (Wildman–Crippen MR) is 81.2 cm³/mol. The Morgan fingerprint density at radius 1 is 1.48 bits per heavy atom. The number of nitrogens with one attached hydrogen (secondary N) is 1. The zero-order valence-corrected chi connectivity index (χ0v) is 12.3. The Morgan fingerprint density at radius 3 is 2.95 bits per heavy atom. The lowest BCUT2D eigenvalue weighted by Crippen LogP contribution is -2.24. The van der Waals surface area contributed by atoms with Crippen LogP contribution < -0.4 is 10.1 Å². The van der Waals surface area contributed by atoms with Gasteiger partial charge in [0.05, 0.1) is 12.7 Å². The summed E-state index contributed by atoms with van der Waals surface area (Å²) in [5.74, 6) is 6.76. The predicted octanol–water partition coefficient (Wildman–Crippen LogP) is 1.96. The molecule has 0 saturated heterocycles. The largest absolute Gasteiger partial charge is 0.495 e. The van der Waals surface area contributed by atoms with Crippen molar-refractivity contribution < 1.29 is 14.6 Å². The first-order valence-electron chi connectivity index (χ1n) is 7.30. The fourth-order valence-electron chi connectivity index (χ4n) is 2.18. The Labute approximate surface area is 125 Å². The minimum absolute atomic E-state index is 0.0968. The molecule has 0 radical (unpaired) electrons. The molecule has 0 heterocycles. The van der Waals surface area contributed by atoms with Crippen LogP contribution in [0.4, 0.5) is 0 Å². The highest BCUT2D eigenvalue weighted by Crippen LogP contribution is 2.33. The first kappa shape index (κ1) is 15.4. The van der Waals surface area contributed by atoms with Gasteiger partial charge in [0.25, 0.3) is 5.91 Å². The lowest BCUT2D eigenvalue weighted by Gasteiger charge is -2.08. The molecule has 0 atom stereocenters. The maximum Gasteiger partial charge on any atom is 0.251 e. The van der Waals surface area contributed by atoms with Crippen LogP contribution in [0.5, 0.6) is 5.75 Å². The first-order chi connectivity index (χ1) is 10.2. The van der Waals surface area contributed by atoms with Crippen LogP contribution in [-0.2, 0) is 0 Å². The third-order valence-electron chi connectivity index (χ3n) is 3.54. The van der Waals surface area contributed by atoms with Crippen LogP contribution in [0.1, 0.15) is 41.6 Å². The van der Waals surface area contributed by atoms with Crippen LogP contribution in [0.15, 0.2) is 18.2 Å². The third-order valence-corrected chi connectivity index (χ3v) is 3.54. The molecule has 2 N–H and O–H groups in total. The summed E-state index contributed by atoms with van der Waals surface area (Å²) in [5, 5.41) is 11.7. The number of hydrogen-bond acceptors (Lipinski definition) is 3. The Hall–Kier alpha value is -1.99. The molecule has 1 fully saturated rings. The molecule has 0 unspecified atom stereocenters. The molecule has 0 aromatic heterocycles. The number of ether oxygens (including phenoxy) is 1. The third kappa shape index (κ3) is 4.80. The van der Waals surface area contributed by atoms with Crippen molar-refractivity contribution in [3.05, 3.63) is 29.3 Å². The molecule has 0 aliphatic heterocycles. The molecule has 1 aliphatic carbocycles. The van der Waals surface area contributed by atoms with E-state index in [1.54, 1.807) is 25.3 Å². The molecule has 1 amide bonds. The number of carbonyl (C=O) groups is 1. The standard InChI is InChI=1S/C17H21NO3/c1-21-16-9-8-15(12-14(16)5-3-11-19)17(20)18-10-2-4-13-6-7-13/h8-9,12-13,19H,2,4,6-7,10-11H2,1H3,(H,18,20). The number of aliphatic hydroxyl groups is 1. The fraction of sp³-hybridized carbons (Fsp3) is 0.471. The first-order valence-corrected chi connectivity index (χ1v) is 7.30. The summed E-state index contributed by atoms with van der Waals surface area (Å²) >= 11 is 0. The van der Waals surface area contributed by atoms with E-state index in [1.165, 1.54) is 19.3 Å². The van der Waals surface area contributed by atoms with Gasteiger partial charge in [-0.05, 0) is 37.0 Å².